The number of benzene rings is 1. The Bertz CT molecular complexity index is 739. The number of nitrogens with one attached hydrogen (secondary N) is 1. The molecule has 0 bridgehead atoms. The van der Waals surface area contributed by atoms with E-state index in [1.54, 1.807) is 0 Å². The average molecular weight is 339 g/mol. The van der Waals surface area contributed by atoms with E-state index < -0.39 is 17.6 Å². The lowest BCUT2D eigenvalue weighted by Crippen LogP contribution is -2.38. The van der Waals surface area contributed by atoms with E-state index in [4.69, 9.17) is 5.73 Å². The third kappa shape index (κ3) is 3.73. The van der Waals surface area contributed by atoms with Crippen molar-refractivity contribution < 1.29 is 18.0 Å². The largest absolute Gasteiger partial charge is 0.416 e. The van der Waals surface area contributed by atoms with Crippen LogP contribution < -0.4 is 11.1 Å². The minimum absolute atomic E-state index is 0.0235. The molecular weight excluding hydrogens is 323 g/mol. The smallest absolute Gasteiger partial charge is 0.349 e. The summed E-state index contributed by atoms with van der Waals surface area (Å²) in [6.07, 6.45) is -1.02. The molecule has 24 heavy (non-hydrogen) atoms. The highest BCUT2D eigenvalue weighted by Crippen LogP contribution is 2.31. The van der Waals surface area contributed by atoms with Crippen LogP contribution in [0.15, 0.2) is 30.5 Å². The van der Waals surface area contributed by atoms with E-state index in [0.29, 0.717) is 12.5 Å². The molecule has 1 aliphatic carbocycles. The van der Waals surface area contributed by atoms with Crippen LogP contribution in [0, 0.1) is 5.92 Å². The highest BCUT2D eigenvalue weighted by molar-refractivity contribution is 5.91. The highest BCUT2D eigenvalue weighted by atomic mass is 19.4. The molecule has 0 spiro atoms. The lowest BCUT2D eigenvalue weighted by Gasteiger charge is -2.10. The van der Waals surface area contributed by atoms with Gasteiger partial charge >= 0.3 is 6.18 Å². The van der Waals surface area contributed by atoms with Gasteiger partial charge in [-0.1, -0.05) is 11.3 Å². The van der Waals surface area contributed by atoms with Crippen molar-refractivity contribution in [1.82, 2.24) is 20.3 Å². The summed E-state index contributed by atoms with van der Waals surface area (Å²) < 4.78 is 39.4. The van der Waals surface area contributed by atoms with Crippen LogP contribution in [0.25, 0.3) is 5.69 Å². The lowest BCUT2D eigenvalue weighted by atomic mass is 10.2. The Labute approximate surface area is 135 Å². The molecule has 1 unspecified atom stereocenters. The van der Waals surface area contributed by atoms with Gasteiger partial charge < -0.3 is 11.1 Å². The number of nitrogens with zero attached hydrogens (tertiary/aromatic N) is 3. The first-order valence-electron chi connectivity index (χ1n) is 7.48. The maximum absolute atomic E-state index is 12.7. The molecule has 1 fully saturated rings. The zero-order valence-electron chi connectivity index (χ0n) is 12.6. The van der Waals surface area contributed by atoms with Gasteiger partial charge in [0.2, 0.25) is 0 Å². The van der Waals surface area contributed by atoms with Gasteiger partial charge in [0, 0.05) is 12.6 Å². The number of halogens is 3. The summed E-state index contributed by atoms with van der Waals surface area (Å²) in [6.45, 7) is 0.333. The minimum atomic E-state index is -4.45. The number of carbonyl (C=O) groups is 1. The topological polar surface area (TPSA) is 85.8 Å². The molecule has 1 aromatic carbocycles. The van der Waals surface area contributed by atoms with Gasteiger partial charge in [0.05, 0.1) is 17.4 Å². The summed E-state index contributed by atoms with van der Waals surface area (Å²) in [4.78, 5) is 12.0. The molecule has 1 aliphatic rings. The molecular formula is C15H16F3N5O. The Kier molecular flexibility index (Phi) is 4.27. The Hall–Kier alpha value is -2.42. The summed E-state index contributed by atoms with van der Waals surface area (Å²) in [6, 6.07) is 4.54. The molecule has 1 amide bonds. The van der Waals surface area contributed by atoms with Crippen molar-refractivity contribution in [2.75, 3.05) is 6.54 Å². The molecule has 0 aliphatic heterocycles. The van der Waals surface area contributed by atoms with Crippen molar-refractivity contribution in [1.29, 1.82) is 0 Å². The van der Waals surface area contributed by atoms with Crippen LogP contribution in [0.1, 0.15) is 28.9 Å². The fraction of sp³-hybridized carbons (Fsp3) is 0.400. The second-order valence-corrected chi connectivity index (χ2v) is 5.81. The fourth-order valence-electron chi connectivity index (χ4n) is 2.31. The number of nitrogens with two attached hydrogens (primary N) is 1. The van der Waals surface area contributed by atoms with Crippen molar-refractivity contribution in [2.24, 2.45) is 11.7 Å². The number of aromatic nitrogens is 3. The number of rotatable bonds is 5. The molecule has 0 radical (unpaired) electrons. The first-order chi connectivity index (χ1) is 11.3. The molecule has 128 valence electrons. The molecule has 1 saturated carbocycles. The fourth-order valence-corrected chi connectivity index (χ4v) is 2.31. The summed E-state index contributed by atoms with van der Waals surface area (Å²) in [5, 5.41) is 10.1. The van der Waals surface area contributed by atoms with Crippen LogP contribution in [0.2, 0.25) is 0 Å². The molecule has 1 heterocycles. The summed E-state index contributed by atoms with van der Waals surface area (Å²) in [5.41, 5.74) is 5.30. The van der Waals surface area contributed by atoms with Gasteiger partial charge in [0.15, 0.2) is 5.69 Å². The Morgan fingerprint density at radius 3 is 2.83 bits per heavy atom. The second kappa shape index (κ2) is 6.23. The van der Waals surface area contributed by atoms with Crippen molar-refractivity contribution in [2.45, 2.75) is 25.1 Å². The normalized spacial score (nSPS) is 16.0. The first-order valence-corrected chi connectivity index (χ1v) is 7.48. The molecule has 3 rings (SSSR count). The number of alkyl halides is 3. The minimum Gasteiger partial charge on any atom is -0.349 e. The van der Waals surface area contributed by atoms with E-state index in [0.717, 1.165) is 29.7 Å². The monoisotopic (exact) mass is 339 g/mol. The molecule has 1 atom stereocenters. The van der Waals surface area contributed by atoms with E-state index in [1.165, 1.54) is 18.3 Å². The van der Waals surface area contributed by atoms with E-state index in [2.05, 4.69) is 15.6 Å². The van der Waals surface area contributed by atoms with Gasteiger partial charge in [-0.05, 0) is 37.0 Å². The van der Waals surface area contributed by atoms with Gasteiger partial charge in [-0.2, -0.15) is 13.2 Å². The SMILES string of the molecule is NC(CNC(=O)c1cn(-c2cccc(C(F)(F)F)c2)nn1)C1CC1. The molecule has 6 nitrogen and oxygen atoms in total. The molecule has 1 aromatic heterocycles. The Morgan fingerprint density at radius 2 is 2.17 bits per heavy atom. The van der Waals surface area contributed by atoms with E-state index in [1.807, 2.05) is 0 Å². The number of hydrogen-bond donors (Lipinski definition) is 2. The predicted octanol–water partition coefficient (Wildman–Crippen LogP) is 1.75. The van der Waals surface area contributed by atoms with Crippen LogP contribution in [0.4, 0.5) is 13.2 Å². The van der Waals surface area contributed by atoms with Gasteiger partial charge in [0.1, 0.15) is 0 Å². The van der Waals surface area contributed by atoms with Crippen LogP contribution in [0.5, 0.6) is 0 Å². The number of carbonyl (C=O) groups excluding carboxylic acids is 1. The van der Waals surface area contributed by atoms with E-state index >= 15 is 0 Å². The predicted molar refractivity (Wildman–Crippen MR) is 79.4 cm³/mol. The van der Waals surface area contributed by atoms with Crippen molar-refractivity contribution in [3.63, 3.8) is 0 Å². The molecule has 2 aromatic rings. The Balaban J connectivity index is 1.69. The van der Waals surface area contributed by atoms with Crippen molar-refractivity contribution in [3.8, 4) is 5.69 Å². The molecule has 3 N–H and O–H groups in total. The first kappa shape index (κ1) is 16.4. The molecule has 9 heteroatoms. The lowest BCUT2D eigenvalue weighted by molar-refractivity contribution is -0.137. The van der Waals surface area contributed by atoms with Gasteiger partial charge in [-0.3, -0.25) is 4.79 Å². The van der Waals surface area contributed by atoms with E-state index in [9.17, 15) is 18.0 Å². The van der Waals surface area contributed by atoms with Crippen LogP contribution in [-0.2, 0) is 6.18 Å². The van der Waals surface area contributed by atoms with Crippen LogP contribution in [0.3, 0.4) is 0 Å². The zero-order valence-corrected chi connectivity index (χ0v) is 12.6. The van der Waals surface area contributed by atoms with Crippen molar-refractivity contribution in [3.05, 3.63) is 41.7 Å². The van der Waals surface area contributed by atoms with Gasteiger partial charge in [0.25, 0.3) is 5.91 Å². The third-order valence-electron chi connectivity index (χ3n) is 3.89. The average Bonchev–Trinajstić information content (AvgIpc) is 3.28. The maximum Gasteiger partial charge on any atom is 0.416 e. The van der Waals surface area contributed by atoms with Crippen molar-refractivity contribution >= 4 is 5.91 Å². The summed E-state index contributed by atoms with van der Waals surface area (Å²) in [5.74, 6) is -0.00424. The van der Waals surface area contributed by atoms with Gasteiger partial charge in [-0.25, -0.2) is 4.68 Å². The summed E-state index contributed by atoms with van der Waals surface area (Å²) in [7, 11) is 0. The second-order valence-electron chi connectivity index (χ2n) is 5.81. The number of amides is 1. The Morgan fingerprint density at radius 1 is 1.42 bits per heavy atom. The van der Waals surface area contributed by atoms with Crippen LogP contribution in [-0.4, -0.2) is 33.5 Å². The van der Waals surface area contributed by atoms with Gasteiger partial charge in [-0.15, -0.1) is 5.10 Å². The van der Waals surface area contributed by atoms with E-state index in [-0.39, 0.29) is 17.4 Å². The standard InChI is InChI=1S/C15H16F3N5O/c16-15(17,18)10-2-1-3-11(6-10)23-8-13(21-22-23)14(24)20-7-12(19)9-4-5-9/h1-3,6,8-9,12H,4-5,7,19H2,(H,20,24). The molecule has 0 saturated heterocycles. The maximum atomic E-state index is 12.7. The zero-order chi connectivity index (χ0) is 17.3. The quantitative estimate of drug-likeness (QED) is 0.869. The van der Waals surface area contributed by atoms with Crippen LogP contribution >= 0.6 is 0 Å². The summed E-state index contributed by atoms with van der Waals surface area (Å²) >= 11 is 0. The number of hydrogen-bond acceptors (Lipinski definition) is 4. The third-order valence-corrected chi connectivity index (χ3v) is 3.89. The highest BCUT2D eigenvalue weighted by Gasteiger charge is 2.31.